The maximum absolute atomic E-state index is 15.3. The smallest absolute Gasteiger partial charge is 0.410 e. The highest BCUT2D eigenvalue weighted by Crippen LogP contribution is 2.59. The molecule has 1 aliphatic carbocycles. The molecule has 1 aromatic heterocycles. The average Bonchev–Trinajstić information content (AvgIpc) is 3.55. The number of sulfone groups is 1. The molecule has 0 radical (unpaired) electrons. The molecule has 0 unspecified atom stereocenters. The van der Waals surface area contributed by atoms with Crippen LogP contribution in [0, 0.1) is 11.8 Å². The zero-order valence-electron chi connectivity index (χ0n) is 27.1. The van der Waals surface area contributed by atoms with E-state index in [1.54, 1.807) is 57.2 Å². The average molecular weight is 691 g/mol. The van der Waals surface area contributed by atoms with Crippen LogP contribution in [0.1, 0.15) is 51.3 Å². The molecule has 48 heavy (non-hydrogen) atoms. The van der Waals surface area contributed by atoms with Gasteiger partial charge in [-0.2, -0.15) is 13.2 Å². The Labute approximate surface area is 276 Å². The Morgan fingerprint density at radius 2 is 1.90 bits per heavy atom. The van der Waals surface area contributed by atoms with Crippen molar-refractivity contribution in [1.29, 1.82) is 0 Å². The van der Waals surface area contributed by atoms with E-state index in [2.05, 4.69) is 22.5 Å². The Hall–Kier alpha value is -4.12. The molecule has 3 aromatic rings. The fraction of sp³-hybridized carbons (Fsp3) is 0.500. The molecule has 1 spiro atoms. The number of likely N-dealkylation sites (tertiary alicyclic amines) is 1. The number of carbonyl (C=O) groups is 1. The minimum atomic E-state index is -4.53. The number of halogens is 4. The molecule has 3 aliphatic rings. The number of rotatable bonds is 6. The second kappa shape index (κ2) is 12.1. The van der Waals surface area contributed by atoms with Crippen LogP contribution in [0.15, 0.2) is 41.3 Å². The summed E-state index contributed by atoms with van der Waals surface area (Å²) >= 11 is 0. The van der Waals surface area contributed by atoms with Crippen LogP contribution in [0.25, 0.3) is 10.9 Å². The van der Waals surface area contributed by atoms with Gasteiger partial charge in [-0.3, -0.25) is 0 Å². The molecule has 1 saturated carbocycles. The number of amides is 1. The Morgan fingerprint density at radius 3 is 2.54 bits per heavy atom. The van der Waals surface area contributed by atoms with Gasteiger partial charge in [0, 0.05) is 34.9 Å². The van der Waals surface area contributed by atoms with Gasteiger partial charge < -0.3 is 29.6 Å². The Balaban J connectivity index is 1.22. The van der Waals surface area contributed by atoms with Crippen LogP contribution in [0.4, 0.5) is 33.7 Å². The van der Waals surface area contributed by atoms with Crippen molar-refractivity contribution in [2.24, 2.45) is 0 Å². The zero-order valence-corrected chi connectivity index (χ0v) is 27.9. The van der Waals surface area contributed by atoms with E-state index in [0.29, 0.717) is 34.7 Å². The van der Waals surface area contributed by atoms with Gasteiger partial charge in [0.25, 0.3) is 0 Å². The largest absolute Gasteiger partial charge is 0.490 e. The predicted molar refractivity (Wildman–Crippen MR) is 174 cm³/mol. The Kier molecular flexibility index (Phi) is 8.50. The number of fused-ring (bicyclic) bond motifs is 3. The summed E-state index contributed by atoms with van der Waals surface area (Å²) in [5, 5.41) is 6.75. The standard InChI is InChI=1S/C34H38F4N4O5S/c1-32(2,3)47-31(43)41-16-12-25(23(35)18-41)40-24-8-5-9-27-22(24)17-21(42(27)19-34(36,37)38)7-6-15-39-26-10-11-28(48(4,44)45)29-30(26)46-20-33(29)13-14-33/h5,8-11,17,23,25,39-40H,12-16,18-20H2,1-4H3/t23-,25+/m0/s1. The highest BCUT2D eigenvalue weighted by atomic mass is 32.2. The monoisotopic (exact) mass is 690 g/mol. The molecular weight excluding hydrogens is 652 g/mol. The fourth-order valence-corrected chi connectivity index (χ4v) is 7.39. The predicted octanol–water partition coefficient (Wildman–Crippen LogP) is 6.25. The van der Waals surface area contributed by atoms with Gasteiger partial charge in [-0.15, -0.1) is 0 Å². The summed E-state index contributed by atoms with van der Waals surface area (Å²) in [5.74, 6) is 6.23. The van der Waals surface area contributed by atoms with E-state index in [-0.39, 0.29) is 47.6 Å². The summed E-state index contributed by atoms with van der Waals surface area (Å²) in [5.41, 5.74) is 1.11. The lowest BCUT2D eigenvalue weighted by atomic mass is 9.98. The van der Waals surface area contributed by atoms with Crippen LogP contribution in [-0.4, -0.2) is 80.5 Å². The first-order chi connectivity index (χ1) is 22.4. The molecule has 2 atom stereocenters. The summed E-state index contributed by atoms with van der Waals surface area (Å²) in [4.78, 5) is 14.0. The molecule has 1 saturated heterocycles. The number of alkyl halides is 4. The number of hydrogen-bond acceptors (Lipinski definition) is 7. The SMILES string of the molecule is CC(C)(C)OC(=O)N1CC[C@@H](Nc2cccc3c2cc(C#CCNc2ccc(S(C)(=O)=O)c4c2OCC42CC2)n3CC(F)(F)F)[C@@H](F)C1. The van der Waals surface area contributed by atoms with Gasteiger partial charge in [-0.05, 0) is 76.3 Å². The van der Waals surface area contributed by atoms with Gasteiger partial charge in [0.1, 0.15) is 24.1 Å². The summed E-state index contributed by atoms with van der Waals surface area (Å²) in [6.45, 7) is 4.47. The first-order valence-corrected chi connectivity index (χ1v) is 17.6. The topological polar surface area (TPSA) is 102 Å². The van der Waals surface area contributed by atoms with Crippen LogP contribution in [0.2, 0.25) is 0 Å². The van der Waals surface area contributed by atoms with Crippen molar-refractivity contribution >= 4 is 38.2 Å². The number of piperidine rings is 1. The van der Waals surface area contributed by atoms with Crippen LogP contribution >= 0.6 is 0 Å². The third-order valence-corrected chi connectivity index (χ3v) is 9.94. The van der Waals surface area contributed by atoms with Crippen molar-refractivity contribution in [2.75, 3.05) is 43.1 Å². The molecule has 2 fully saturated rings. The van der Waals surface area contributed by atoms with E-state index in [1.165, 1.54) is 11.2 Å². The first kappa shape index (κ1) is 33.8. The van der Waals surface area contributed by atoms with Crippen molar-refractivity contribution in [1.82, 2.24) is 9.47 Å². The van der Waals surface area contributed by atoms with Crippen molar-refractivity contribution < 1.29 is 40.2 Å². The van der Waals surface area contributed by atoms with Crippen molar-refractivity contribution in [3.8, 4) is 17.6 Å². The minimum Gasteiger partial charge on any atom is -0.490 e. The van der Waals surface area contributed by atoms with Crippen molar-refractivity contribution in [3.05, 3.63) is 47.7 Å². The van der Waals surface area contributed by atoms with Gasteiger partial charge in [0.15, 0.2) is 9.84 Å². The normalized spacial score (nSPS) is 20.1. The van der Waals surface area contributed by atoms with E-state index < -0.39 is 46.5 Å². The van der Waals surface area contributed by atoms with E-state index in [4.69, 9.17) is 9.47 Å². The molecule has 3 heterocycles. The Bertz CT molecular complexity index is 1920. The number of carbonyl (C=O) groups excluding carboxylic acids is 1. The van der Waals surface area contributed by atoms with Gasteiger partial charge in [0.2, 0.25) is 0 Å². The number of aromatic nitrogens is 1. The summed E-state index contributed by atoms with van der Waals surface area (Å²) in [6.07, 6.45) is -3.44. The fourth-order valence-electron chi connectivity index (χ4n) is 6.39. The van der Waals surface area contributed by atoms with Gasteiger partial charge in [-0.1, -0.05) is 12.0 Å². The molecule has 6 rings (SSSR count). The number of benzene rings is 2. The minimum absolute atomic E-state index is 0.0550. The van der Waals surface area contributed by atoms with E-state index in [9.17, 15) is 26.4 Å². The lowest BCUT2D eigenvalue weighted by Gasteiger charge is -2.36. The van der Waals surface area contributed by atoms with Gasteiger partial charge in [-0.25, -0.2) is 17.6 Å². The molecule has 258 valence electrons. The molecule has 1 amide bonds. The number of ether oxygens (including phenoxy) is 2. The van der Waals surface area contributed by atoms with E-state index >= 15 is 4.39 Å². The lowest BCUT2D eigenvalue weighted by molar-refractivity contribution is -0.140. The highest BCUT2D eigenvalue weighted by molar-refractivity contribution is 7.90. The molecule has 2 aromatic carbocycles. The van der Waals surface area contributed by atoms with Gasteiger partial charge in [0.05, 0.1) is 47.5 Å². The molecule has 2 aliphatic heterocycles. The molecule has 2 N–H and O–H groups in total. The number of nitrogens with one attached hydrogen (secondary N) is 2. The molecular formula is C34H38F4N4O5S. The summed E-state index contributed by atoms with van der Waals surface area (Å²) in [6, 6.07) is 8.90. The van der Waals surface area contributed by atoms with Crippen molar-refractivity contribution in [2.45, 2.75) is 80.9 Å². The van der Waals surface area contributed by atoms with Crippen LogP contribution in [0.5, 0.6) is 5.75 Å². The second-order valence-corrected chi connectivity index (χ2v) is 15.7. The Morgan fingerprint density at radius 1 is 1.15 bits per heavy atom. The van der Waals surface area contributed by atoms with Crippen LogP contribution < -0.4 is 15.4 Å². The molecule has 0 bridgehead atoms. The summed E-state index contributed by atoms with van der Waals surface area (Å²) < 4.78 is 93.8. The maximum Gasteiger partial charge on any atom is 0.410 e. The third-order valence-electron chi connectivity index (χ3n) is 8.80. The van der Waals surface area contributed by atoms with E-state index in [1.807, 2.05) is 0 Å². The van der Waals surface area contributed by atoms with Crippen molar-refractivity contribution in [3.63, 3.8) is 0 Å². The quantitative estimate of drug-likeness (QED) is 0.233. The summed E-state index contributed by atoms with van der Waals surface area (Å²) in [7, 11) is -3.48. The number of anilines is 2. The third kappa shape index (κ3) is 7.02. The van der Waals surface area contributed by atoms with E-state index in [0.717, 1.165) is 17.4 Å². The number of hydrogen-bond donors (Lipinski definition) is 2. The first-order valence-electron chi connectivity index (χ1n) is 15.7. The molecule has 14 heteroatoms. The maximum atomic E-state index is 15.3. The zero-order chi connectivity index (χ0) is 34.6. The van der Waals surface area contributed by atoms with Crippen LogP contribution in [-0.2, 0) is 26.5 Å². The van der Waals surface area contributed by atoms with Gasteiger partial charge >= 0.3 is 12.3 Å². The highest BCUT2D eigenvalue weighted by Gasteiger charge is 2.53. The number of nitrogens with zero attached hydrogens (tertiary/aromatic N) is 2. The second-order valence-electron chi connectivity index (χ2n) is 13.8. The van der Waals surface area contributed by atoms with Crippen LogP contribution in [0.3, 0.4) is 0 Å². The lowest BCUT2D eigenvalue weighted by Crippen LogP contribution is -2.51. The molecule has 9 nitrogen and oxygen atoms in total.